The number of carbonyl (C=O) groups is 2. The summed E-state index contributed by atoms with van der Waals surface area (Å²) in [7, 11) is 0. The predicted molar refractivity (Wildman–Crippen MR) is 59.7 cm³/mol. The summed E-state index contributed by atoms with van der Waals surface area (Å²) in [5.41, 5.74) is 0.452. The van der Waals surface area contributed by atoms with E-state index in [0.717, 1.165) is 0 Å². The maximum Gasteiger partial charge on any atom is 0.326 e. The van der Waals surface area contributed by atoms with Gasteiger partial charge < -0.3 is 14.8 Å². The van der Waals surface area contributed by atoms with Gasteiger partial charge in [0.2, 0.25) is 5.76 Å². The van der Waals surface area contributed by atoms with Gasteiger partial charge in [0.15, 0.2) is 5.89 Å². The van der Waals surface area contributed by atoms with E-state index in [2.05, 4.69) is 10.3 Å². The lowest BCUT2D eigenvalue weighted by molar-refractivity contribution is -0.140. The van der Waals surface area contributed by atoms with Crippen LogP contribution in [0.25, 0.3) is 0 Å². The van der Waals surface area contributed by atoms with Crippen molar-refractivity contribution >= 4 is 11.9 Å². The van der Waals surface area contributed by atoms with Gasteiger partial charge in [0.25, 0.3) is 5.91 Å². The Bertz CT molecular complexity index is 437. The lowest BCUT2D eigenvalue weighted by Gasteiger charge is -2.16. The molecule has 17 heavy (non-hydrogen) atoms. The molecule has 0 aromatic carbocycles. The number of carbonyl (C=O) groups excluding carboxylic acids is 1. The molecule has 0 saturated carbocycles. The first-order chi connectivity index (χ1) is 7.82. The molecule has 0 spiro atoms. The van der Waals surface area contributed by atoms with Gasteiger partial charge in [0.05, 0.1) is 5.69 Å². The van der Waals surface area contributed by atoms with Crippen molar-refractivity contribution in [2.45, 2.75) is 33.7 Å². The molecule has 0 saturated heterocycles. The number of aryl methyl sites for hydroxylation is 2. The smallest absolute Gasteiger partial charge is 0.326 e. The Morgan fingerprint density at radius 1 is 1.35 bits per heavy atom. The van der Waals surface area contributed by atoms with Crippen LogP contribution in [-0.2, 0) is 4.79 Å². The molecule has 0 fully saturated rings. The number of carboxylic acid groups (broad SMARTS) is 1. The predicted octanol–water partition coefficient (Wildman–Crippen LogP) is 1.13. The summed E-state index contributed by atoms with van der Waals surface area (Å²) in [5, 5.41) is 11.4. The molecule has 0 aliphatic heterocycles. The highest BCUT2D eigenvalue weighted by molar-refractivity contribution is 5.95. The van der Waals surface area contributed by atoms with Gasteiger partial charge in [-0.05, 0) is 12.8 Å². The van der Waals surface area contributed by atoms with Gasteiger partial charge in [-0.2, -0.15) is 0 Å². The number of aliphatic carboxylic acids is 1. The van der Waals surface area contributed by atoms with Crippen molar-refractivity contribution in [2.75, 3.05) is 0 Å². The molecule has 0 radical (unpaired) electrons. The largest absolute Gasteiger partial charge is 0.480 e. The number of hydrogen-bond donors (Lipinski definition) is 2. The van der Waals surface area contributed by atoms with E-state index in [9.17, 15) is 9.59 Å². The molecular weight excluding hydrogens is 224 g/mol. The molecule has 1 atom stereocenters. The van der Waals surface area contributed by atoms with Gasteiger partial charge in [-0.3, -0.25) is 4.79 Å². The molecule has 0 bridgehead atoms. The molecule has 6 heteroatoms. The average molecular weight is 240 g/mol. The Morgan fingerprint density at radius 3 is 2.29 bits per heavy atom. The Labute approximate surface area is 99.0 Å². The molecule has 1 aromatic heterocycles. The molecule has 0 aliphatic rings. The first-order valence-electron chi connectivity index (χ1n) is 5.30. The number of aromatic nitrogens is 1. The van der Waals surface area contributed by atoms with E-state index in [1.807, 2.05) is 0 Å². The van der Waals surface area contributed by atoms with Crippen molar-refractivity contribution in [3.63, 3.8) is 0 Å². The molecule has 2 N–H and O–H groups in total. The van der Waals surface area contributed by atoms with Crippen molar-refractivity contribution in [2.24, 2.45) is 5.92 Å². The topological polar surface area (TPSA) is 92.4 Å². The molecule has 0 unspecified atom stereocenters. The first-order valence-corrected chi connectivity index (χ1v) is 5.30. The second kappa shape index (κ2) is 4.99. The summed E-state index contributed by atoms with van der Waals surface area (Å²) < 4.78 is 5.12. The second-order valence-corrected chi connectivity index (χ2v) is 4.18. The fourth-order valence-electron chi connectivity index (χ4n) is 1.46. The van der Waals surface area contributed by atoms with Crippen LogP contribution in [-0.4, -0.2) is 28.0 Å². The Hall–Kier alpha value is -1.85. The van der Waals surface area contributed by atoms with Gasteiger partial charge in [-0.15, -0.1) is 0 Å². The average Bonchev–Trinajstić information content (AvgIpc) is 2.53. The Morgan fingerprint density at radius 2 is 1.94 bits per heavy atom. The fraction of sp³-hybridized carbons (Fsp3) is 0.545. The summed E-state index contributed by atoms with van der Waals surface area (Å²) in [4.78, 5) is 26.7. The normalized spacial score (nSPS) is 12.5. The van der Waals surface area contributed by atoms with Crippen LogP contribution in [0.4, 0.5) is 0 Å². The van der Waals surface area contributed by atoms with E-state index < -0.39 is 17.9 Å². The van der Waals surface area contributed by atoms with Gasteiger partial charge in [-0.25, -0.2) is 9.78 Å². The summed E-state index contributed by atoms with van der Waals surface area (Å²) in [6, 6.07) is -0.938. The van der Waals surface area contributed by atoms with Crippen LogP contribution in [0.5, 0.6) is 0 Å². The van der Waals surface area contributed by atoms with Crippen LogP contribution in [0.3, 0.4) is 0 Å². The number of nitrogens with zero attached hydrogens (tertiary/aromatic N) is 1. The van der Waals surface area contributed by atoms with Crippen LogP contribution in [0, 0.1) is 19.8 Å². The minimum absolute atomic E-state index is 0.0643. The van der Waals surface area contributed by atoms with Crippen LogP contribution in [0.1, 0.15) is 36.0 Å². The van der Waals surface area contributed by atoms with E-state index in [4.69, 9.17) is 9.52 Å². The minimum Gasteiger partial charge on any atom is -0.480 e. The number of carboxylic acids is 1. The lowest BCUT2D eigenvalue weighted by Crippen LogP contribution is -2.44. The van der Waals surface area contributed by atoms with Gasteiger partial charge in [0, 0.05) is 6.92 Å². The molecule has 1 heterocycles. The number of nitrogens with one attached hydrogen (secondary N) is 1. The van der Waals surface area contributed by atoms with Crippen molar-refractivity contribution in [3.8, 4) is 0 Å². The quantitative estimate of drug-likeness (QED) is 0.823. The number of hydrogen-bond acceptors (Lipinski definition) is 4. The van der Waals surface area contributed by atoms with Crippen LogP contribution in [0.2, 0.25) is 0 Å². The molecule has 1 amide bonds. The van der Waals surface area contributed by atoms with Crippen molar-refractivity contribution < 1.29 is 19.1 Å². The molecule has 0 aliphatic carbocycles. The van der Waals surface area contributed by atoms with Gasteiger partial charge in [-0.1, -0.05) is 13.8 Å². The number of rotatable bonds is 4. The fourth-order valence-corrected chi connectivity index (χ4v) is 1.46. The van der Waals surface area contributed by atoms with E-state index in [1.54, 1.807) is 27.7 Å². The maximum absolute atomic E-state index is 11.8. The molecule has 6 nitrogen and oxygen atoms in total. The molecule has 1 aromatic rings. The zero-order chi connectivity index (χ0) is 13.2. The molecular formula is C11H16N2O4. The van der Waals surface area contributed by atoms with Crippen molar-refractivity contribution in [1.82, 2.24) is 10.3 Å². The van der Waals surface area contributed by atoms with Gasteiger partial charge in [0.1, 0.15) is 6.04 Å². The van der Waals surface area contributed by atoms with Crippen molar-refractivity contribution in [1.29, 1.82) is 0 Å². The highest BCUT2D eigenvalue weighted by Gasteiger charge is 2.26. The van der Waals surface area contributed by atoms with Gasteiger partial charge >= 0.3 is 5.97 Å². The maximum atomic E-state index is 11.8. The summed E-state index contributed by atoms with van der Waals surface area (Å²) in [6.45, 7) is 6.70. The number of oxazole rings is 1. The summed E-state index contributed by atoms with van der Waals surface area (Å²) in [6.07, 6.45) is 0. The SMILES string of the molecule is Cc1nc(C)c(C(=O)N[C@@H](C(=O)O)C(C)C)o1. The lowest BCUT2D eigenvalue weighted by atomic mass is 10.0. The molecule has 94 valence electrons. The Balaban J connectivity index is 2.85. The van der Waals surface area contributed by atoms with Crippen LogP contribution < -0.4 is 5.32 Å². The standard InChI is InChI=1S/C11H16N2O4/c1-5(2)8(11(15)16)13-10(14)9-6(3)12-7(4)17-9/h5,8H,1-4H3,(H,13,14)(H,15,16)/t8-/m1/s1. The third-order valence-corrected chi connectivity index (χ3v) is 2.33. The van der Waals surface area contributed by atoms with E-state index >= 15 is 0 Å². The summed E-state index contributed by atoms with van der Waals surface area (Å²) in [5.74, 6) is -1.38. The second-order valence-electron chi connectivity index (χ2n) is 4.18. The van der Waals surface area contributed by atoms with Crippen LogP contribution >= 0.6 is 0 Å². The monoisotopic (exact) mass is 240 g/mol. The third-order valence-electron chi connectivity index (χ3n) is 2.33. The van der Waals surface area contributed by atoms with E-state index in [0.29, 0.717) is 11.6 Å². The highest BCUT2D eigenvalue weighted by atomic mass is 16.4. The Kier molecular flexibility index (Phi) is 3.88. The first kappa shape index (κ1) is 13.2. The van der Waals surface area contributed by atoms with E-state index in [-0.39, 0.29) is 11.7 Å². The zero-order valence-corrected chi connectivity index (χ0v) is 10.3. The minimum atomic E-state index is -1.07. The van der Waals surface area contributed by atoms with Crippen molar-refractivity contribution in [3.05, 3.63) is 17.3 Å². The molecule has 1 rings (SSSR count). The van der Waals surface area contributed by atoms with Crippen LogP contribution in [0.15, 0.2) is 4.42 Å². The highest BCUT2D eigenvalue weighted by Crippen LogP contribution is 2.10. The van der Waals surface area contributed by atoms with E-state index in [1.165, 1.54) is 0 Å². The third kappa shape index (κ3) is 3.05. The number of amides is 1. The summed E-state index contributed by atoms with van der Waals surface area (Å²) >= 11 is 0. The zero-order valence-electron chi connectivity index (χ0n) is 10.3.